The summed E-state index contributed by atoms with van der Waals surface area (Å²) < 4.78 is 40.7. The van der Waals surface area contributed by atoms with E-state index in [4.69, 9.17) is 11.6 Å². The van der Waals surface area contributed by atoms with Gasteiger partial charge in [0.2, 0.25) is 0 Å². The fraction of sp³-hybridized carbons (Fsp3) is 0.0714. The first-order valence-electron chi connectivity index (χ1n) is 6.16. The van der Waals surface area contributed by atoms with Crippen LogP contribution in [0.5, 0.6) is 11.5 Å². The van der Waals surface area contributed by atoms with Crippen LogP contribution in [0.3, 0.4) is 0 Å². The van der Waals surface area contributed by atoms with Gasteiger partial charge in [-0.05, 0) is 30.3 Å². The first-order valence-corrected chi connectivity index (χ1v) is 6.54. The summed E-state index contributed by atoms with van der Waals surface area (Å²) in [6.45, 7) is 0. The van der Waals surface area contributed by atoms with Crippen LogP contribution >= 0.6 is 11.6 Å². The van der Waals surface area contributed by atoms with Gasteiger partial charge in [0.1, 0.15) is 5.75 Å². The van der Waals surface area contributed by atoms with E-state index < -0.39 is 18.0 Å². The number of hydrogen-bond acceptors (Lipinski definition) is 4. The maximum absolute atomic E-state index is 12.3. The fourth-order valence-electron chi connectivity index (χ4n) is 1.66. The minimum Gasteiger partial charge on any atom is -0.508 e. The number of ether oxygens (including phenoxy) is 1. The summed E-state index contributed by atoms with van der Waals surface area (Å²) in [6, 6.07) is 8.90. The van der Waals surface area contributed by atoms with Gasteiger partial charge in [-0.15, -0.1) is 13.2 Å². The molecular formula is C14H10ClF3N2O3. The standard InChI is InChI=1S/C14H10ClF3N2O3/c15-10-6-5-8(21)7-9(10)13(22)20-19-11-3-1-2-4-12(11)23-14(16,17)18/h1-7,19,21H,(H,20,22). The Morgan fingerprint density at radius 1 is 1.17 bits per heavy atom. The SMILES string of the molecule is O=C(NNc1ccccc1OC(F)(F)F)c1cc(O)ccc1Cl. The monoisotopic (exact) mass is 346 g/mol. The molecule has 0 radical (unpaired) electrons. The second-order valence-corrected chi connectivity index (χ2v) is 4.69. The molecule has 2 aromatic carbocycles. The van der Waals surface area contributed by atoms with Crippen LogP contribution in [0.4, 0.5) is 18.9 Å². The predicted octanol–water partition coefficient (Wildman–Crippen LogP) is 3.70. The number of hydrogen-bond donors (Lipinski definition) is 3. The third kappa shape index (κ3) is 4.68. The molecule has 9 heteroatoms. The maximum Gasteiger partial charge on any atom is 0.573 e. The highest BCUT2D eigenvalue weighted by Gasteiger charge is 2.32. The summed E-state index contributed by atoms with van der Waals surface area (Å²) in [4.78, 5) is 12.0. The molecule has 0 atom stereocenters. The second kappa shape index (κ2) is 6.66. The molecule has 5 nitrogen and oxygen atoms in total. The van der Waals surface area contributed by atoms with Gasteiger partial charge in [0, 0.05) is 0 Å². The number of alkyl halides is 3. The average Bonchev–Trinajstić information content (AvgIpc) is 2.47. The van der Waals surface area contributed by atoms with Crippen LogP contribution in [-0.2, 0) is 0 Å². The molecule has 0 heterocycles. The third-order valence-electron chi connectivity index (χ3n) is 2.62. The van der Waals surface area contributed by atoms with Crippen molar-refractivity contribution in [3.8, 4) is 11.5 Å². The quantitative estimate of drug-likeness (QED) is 0.738. The van der Waals surface area contributed by atoms with Gasteiger partial charge in [0.25, 0.3) is 5.91 Å². The van der Waals surface area contributed by atoms with Crippen LogP contribution in [-0.4, -0.2) is 17.4 Å². The molecule has 0 saturated carbocycles. The number of para-hydroxylation sites is 2. The Morgan fingerprint density at radius 2 is 1.87 bits per heavy atom. The number of carbonyl (C=O) groups is 1. The van der Waals surface area contributed by atoms with E-state index in [1.807, 2.05) is 0 Å². The summed E-state index contributed by atoms with van der Waals surface area (Å²) in [6.07, 6.45) is -4.86. The van der Waals surface area contributed by atoms with Gasteiger partial charge < -0.3 is 9.84 Å². The third-order valence-corrected chi connectivity index (χ3v) is 2.95. The summed E-state index contributed by atoms with van der Waals surface area (Å²) in [5.41, 5.74) is 4.34. The minimum absolute atomic E-state index is 0.0478. The number of amides is 1. The summed E-state index contributed by atoms with van der Waals surface area (Å²) in [5.74, 6) is -1.43. The zero-order chi connectivity index (χ0) is 17.0. The van der Waals surface area contributed by atoms with E-state index in [1.54, 1.807) is 0 Å². The number of carbonyl (C=O) groups excluding carboxylic acids is 1. The molecule has 1 amide bonds. The molecule has 0 spiro atoms. The van der Waals surface area contributed by atoms with Gasteiger partial charge in [0.05, 0.1) is 16.3 Å². The molecule has 2 aromatic rings. The molecule has 0 aliphatic heterocycles. The number of phenolic OH excluding ortho intramolecular Hbond substituents is 1. The lowest BCUT2D eigenvalue weighted by Crippen LogP contribution is -2.30. The number of phenols is 1. The van der Waals surface area contributed by atoms with E-state index in [2.05, 4.69) is 15.6 Å². The van der Waals surface area contributed by atoms with Crippen molar-refractivity contribution in [3.63, 3.8) is 0 Å². The Balaban J connectivity index is 2.12. The molecule has 0 aliphatic rings. The molecule has 0 fully saturated rings. The van der Waals surface area contributed by atoms with Crippen LogP contribution in [0, 0.1) is 0 Å². The molecule has 2 rings (SSSR count). The van der Waals surface area contributed by atoms with E-state index in [-0.39, 0.29) is 22.0 Å². The molecule has 0 aliphatic carbocycles. The maximum atomic E-state index is 12.3. The van der Waals surface area contributed by atoms with Crippen molar-refractivity contribution in [2.75, 3.05) is 5.43 Å². The number of anilines is 1. The van der Waals surface area contributed by atoms with Crippen molar-refractivity contribution < 1.29 is 27.8 Å². The average molecular weight is 347 g/mol. The van der Waals surface area contributed by atoms with Gasteiger partial charge in [0.15, 0.2) is 5.75 Å². The number of hydrazine groups is 1. The molecule has 0 aromatic heterocycles. The zero-order valence-corrected chi connectivity index (χ0v) is 12.1. The molecule has 0 bridgehead atoms. The molecule has 122 valence electrons. The van der Waals surface area contributed by atoms with Crippen LogP contribution in [0.1, 0.15) is 10.4 Å². The van der Waals surface area contributed by atoms with Crippen LogP contribution in [0.25, 0.3) is 0 Å². The number of nitrogens with one attached hydrogen (secondary N) is 2. The normalized spacial score (nSPS) is 11.0. The highest BCUT2D eigenvalue weighted by Crippen LogP contribution is 2.29. The van der Waals surface area contributed by atoms with Crippen LogP contribution < -0.4 is 15.6 Å². The Kier molecular flexibility index (Phi) is 4.85. The largest absolute Gasteiger partial charge is 0.573 e. The van der Waals surface area contributed by atoms with Gasteiger partial charge in [-0.1, -0.05) is 23.7 Å². The van der Waals surface area contributed by atoms with E-state index in [0.29, 0.717) is 0 Å². The van der Waals surface area contributed by atoms with E-state index in [1.165, 1.54) is 30.3 Å². The fourth-order valence-corrected chi connectivity index (χ4v) is 1.87. The Labute approximate surface area is 133 Å². The van der Waals surface area contributed by atoms with E-state index in [9.17, 15) is 23.1 Å². The van der Waals surface area contributed by atoms with Crippen molar-refractivity contribution in [3.05, 3.63) is 53.1 Å². The van der Waals surface area contributed by atoms with E-state index >= 15 is 0 Å². The number of halogens is 4. The van der Waals surface area contributed by atoms with Gasteiger partial charge in [-0.3, -0.25) is 15.6 Å². The second-order valence-electron chi connectivity index (χ2n) is 4.29. The number of rotatable bonds is 4. The summed E-state index contributed by atoms with van der Waals surface area (Å²) in [5, 5.41) is 9.41. The minimum atomic E-state index is -4.86. The summed E-state index contributed by atoms with van der Waals surface area (Å²) in [7, 11) is 0. The Morgan fingerprint density at radius 3 is 2.57 bits per heavy atom. The zero-order valence-electron chi connectivity index (χ0n) is 11.3. The molecule has 0 unspecified atom stereocenters. The Bertz CT molecular complexity index is 723. The van der Waals surface area contributed by atoms with Crippen molar-refractivity contribution in [1.82, 2.24) is 5.43 Å². The van der Waals surface area contributed by atoms with Gasteiger partial charge in [-0.25, -0.2) is 0 Å². The summed E-state index contributed by atoms with van der Waals surface area (Å²) >= 11 is 5.82. The topological polar surface area (TPSA) is 70.6 Å². The first kappa shape index (κ1) is 16.8. The number of aromatic hydroxyl groups is 1. The number of benzene rings is 2. The van der Waals surface area contributed by atoms with Crippen molar-refractivity contribution in [2.24, 2.45) is 0 Å². The Hall–Kier alpha value is -2.61. The lowest BCUT2D eigenvalue weighted by molar-refractivity contribution is -0.274. The molecule has 3 N–H and O–H groups in total. The van der Waals surface area contributed by atoms with Crippen molar-refractivity contribution in [2.45, 2.75) is 6.36 Å². The van der Waals surface area contributed by atoms with Gasteiger partial charge in [-0.2, -0.15) is 0 Å². The molecular weight excluding hydrogens is 337 g/mol. The molecule has 23 heavy (non-hydrogen) atoms. The van der Waals surface area contributed by atoms with Gasteiger partial charge >= 0.3 is 6.36 Å². The van der Waals surface area contributed by atoms with Crippen LogP contribution in [0.15, 0.2) is 42.5 Å². The van der Waals surface area contributed by atoms with E-state index in [0.717, 1.165) is 12.1 Å². The predicted molar refractivity (Wildman–Crippen MR) is 77.3 cm³/mol. The lowest BCUT2D eigenvalue weighted by atomic mass is 10.2. The molecule has 0 saturated heterocycles. The highest BCUT2D eigenvalue weighted by atomic mass is 35.5. The van der Waals surface area contributed by atoms with Crippen molar-refractivity contribution in [1.29, 1.82) is 0 Å². The lowest BCUT2D eigenvalue weighted by Gasteiger charge is -2.15. The smallest absolute Gasteiger partial charge is 0.508 e. The first-order chi connectivity index (χ1) is 10.8. The van der Waals surface area contributed by atoms with Crippen molar-refractivity contribution >= 4 is 23.2 Å². The highest BCUT2D eigenvalue weighted by molar-refractivity contribution is 6.33. The van der Waals surface area contributed by atoms with Crippen LogP contribution in [0.2, 0.25) is 5.02 Å².